The van der Waals surface area contributed by atoms with Crippen molar-refractivity contribution in [1.29, 1.82) is 0 Å². The molecular formula is C7H13NO3. The van der Waals surface area contributed by atoms with Gasteiger partial charge in [-0.05, 0) is 19.9 Å². The SMILES string of the molecule is CC(=O)/C=C(\C)NCC(O)O. The summed E-state index contributed by atoms with van der Waals surface area (Å²) in [6, 6.07) is 0. The van der Waals surface area contributed by atoms with Crippen LogP contribution >= 0.6 is 0 Å². The molecule has 0 aliphatic rings. The van der Waals surface area contributed by atoms with Gasteiger partial charge in [-0.25, -0.2) is 0 Å². The van der Waals surface area contributed by atoms with Crippen molar-refractivity contribution in [3.63, 3.8) is 0 Å². The van der Waals surface area contributed by atoms with E-state index in [9.17, 15) is 4.79 Å². The van der Waals surface area contributed by atoms with E-state index in [0.717, 1.165) is 0 Å². The Kier molecular flexibility index (Phi) is 4.49. The maximum atomic E-state index is 10.5. The predicted octanol–water partition coefficient (Wildman–Crippen LogP) is -0.621. The first-order chi connectivity index (χ1) is 5.02. The van der Waals surface area contributed by atoms with Gasteiger partial charge in [0.1, 0.15) is 0 Å². The van der Waals surface area contributed by atoms with Gasteiger partial charge in [0.2, 0.25) is 0 Å². The van der Waals surface area contributed by atoms with Gasteiger partial charge in [-0.1, -0.05) is 0 Å². The molecule has 3 N–H and O–H groups in total. The van der Waals surface area contributed by atoms with E-state index in [4.69, 9.17) is 10.2 Å². The molecule has 0 fully saturated rings. The third-order valence-corrected chi connectivity index (χ3v) is 0.983. The van der Waals surface area contributed by atoms with E-state index in [-0.39, 0.29) is 12.3 Å². The molecule has 0 saturated heterocycles. The number of hydrogen-bond donors (Lipinski definition) is 3. The maximum Gasteiger partial charge on any atom is 0.169 e. The van der Waals surface area contributed by atoms with Gasteiger partial charge in [0.05, 0.1) is 6.54 Å². The molecule has 0 heterocycles. The minimum absolute atomic E-state index is 0.0373. The van der Waals surface area contributed by atoms with E-state index in [1.54, 1.807) is 6.92 Å². The van der Waals surface area contributed by atoms with Crippen molar-refractivity contribution in [1.82, 2.24) is 5.32 Å². The van der Waals surface area contributed by atoms with Crippen LogP contribution in [0.2, 0.25) is 0 Å². The van der Waals surface area contributed by atoms with Crippen LogP contribution < -0.4 is 5.32 Å². The van der Waals surface area contributed by atoms with E-state index in [2.05, 4.69) is 5.32 Å². The number of carbonyl (C=O) groups excluding carboxylic acids is 1. The largest absolute Gasteiger partial charge is 0.383 e. The zero-order valence-corrected chi connectivity index (χ0v) is 6.66. The summed E-state index contributed by atoms with van der Waals surface area (Å²) in [6.07, 6.45) is 0.00728. The highest BCUT2D eigenvalue weighted by Gasteiger charge is 1.96. The molecule has 0 aliphatic carbocycles. The Labute approximate surface area is 65.5 Å². The van der Waals surface area contributed by atoms with Crippen LogP contribution in [-0.4, -0.2) is 28.8 Å². The molecule has 0 bridgehead atoms. The summed E-state index contributed by atoms with van der Waals surface area (Å²) in [5.41, 5.74) is 0.630. The van der Waals surface area contributed by atoms with Crippen LogP contribution in [0.1, 0.15) is 13.8 Å². The summed E-state index contributed by atoms with van der Waals surface area (Å²) in [4.78, 5) is 10.5. The highest BCUT2D eigenvalue weighted by atomic mass is 16.5. The van der Waals surface area contributed by atoms with Crippen molar-refractivity contribution in [3.8, 4) is 0 Å². The van der Waals surface area contributed by atoms with Gasteiger partial charge >= 0.3 is 0 Å². The summed E-state index contributed by atoms with van der Waals surface area (Å²) >= 11 is 0. The number of hydrogen-bond acceptors (Lipinski definition) is 4. The Balaban J connectivity index is 3.68. The van der Waals surface area contributed by atoms with Gasteiger partial charge in [-0.3, -0.25) is 4.79 Å². The number of aliphatic hydroxyl groups excluding tert-OH is 1. The van der Waals surface area contributed by atoms with Crippen LogP contribution in [0.5, 0.6) is 0 Å². The fourth-order valence-corrected chi connectivity index (χ4v) is 0.608. The molecular weight excluding hydrogens is 146 g/mol. The predicted molar refractivity (Wildman–Crippen MR) is 40.7 cm³/mol. The lowest BCUT2D eigenvalue weighted by atomic mass is 10.3. The number of ketones is 1. The molecule has 0 aromatic carbocycles. The van der Waals surface area contributed by atoms with E-state index in [1.165, 1.54) is 13.0 Å². The second-order valence-corrected chi connectivity index (χ2v) is 2.30. The number of aliphatic hydroxyl groups is 2. The second kappa shape index (κ2) is 4.87. The molecule has 0 aliphatic heterocycles. The Bertz CT molecular complexity index is 163. The summed E-state index contributed by atoms with van der Waals surface area (Å²) in [5.74, 6) is -0.0672. The standard InChI is InChI=1S/C7H13NO3/c1-5(3-6(2)9)8-4-7(10)11/h3,7-8,10-11H,4H2,1-2H3/b5-3+. The summed E-state index contributed by atoms with van der Waals surface area (Å²) in [7, 11) is 0. The number of nitrogens with one attached hydrogen (secondary N) is 1. The summed E-state index contributed by atoms with van der Waals surface area (Å²) in [5, 5.41) is 19.5. The Hall–Kier alpha value is -0.870. The minimum atomic E-state index is -1.38. The van der Waals surface area contributed by atoms with E-state index in [0.29, 0.717) is 5.70 Å². The van der Waals surface area contributed by atoms with Crippen molar-refractivity contribution >= 4 is 5.78 Å². The zero-order valence-electron chi connectivity index (χ0n) is 6.66. The second-order valence-electron chi connectivity index (χ2n) is 2.30. The summed E-state index contributed by atoms with van der Waals surface area (Å²) < 4.78 is 0. The zero-order chi connectivity index (χ0) is 8.85. The topological polar surface area (TPSA) is 69.6 Å². The van der Waals surface area contributed by atoms with Gasteiger partial charge in [0, 0.05) is 5.70 Å². The van der Waals surface area contributed by atoms with Crippen LogP contribution in [0.4, 0.5) is 0 Å². The Morgan fingerprint density at radius 3 is 2.45 bits per heavy atom. The smallest absolute Gasteiger partial charge is 0.169 e. The molecule has 4 heteroatoms. The molecule has 0 spiro atoms. The minimum Gasteiger partial charge on any atom is -0.383 e. The lowest BCUT2D eigenvalue weighted by Gasteiger charge is -2.06. The van der Waals surface area contributed by atoms with Crippen molar-refractivity contribution in [3.05, 3.63) is 11.8 Å². The van der Waals surface area contributed by atoms with E-state index in [1.807, 2.05) is 0 Å². The first-order valence-corrected chi connectivity index (χ1v) is 3.31. The van der Waals surface area contributed by atoms with E-state index < -0.39 is 6.29 Å². The van der Waals surface area contributed by atoms with Gasteiger partial charge in [0.25, 0.3) is 0 Å². The average molecular weight is 159 g/mol. The highest BCUT2D eigenvalue weighted by molar-refractivity contribution is 5.87. The van der Waals surface area contributed by atoms with Crippen molar-refractivity contribution in [2.75, 3.05) is 6.54 Å². The lowest BCUT2D eigenvalue weighted by Crippen LogP contribution is -2.25. The third kappa shape index (κ3) is 7.02. The number of allylic oxidation sites excluding steroid dienone is 2. The van der Waals surface area contributed by atoms with E-state index >= 15 is 0 Å². The van der Waals surface area contributed by atoms with Gasteiger partial charge in [-0.2, -0.15) is 0 Å². The highest BCUT2D eigenvalue weighted by Crippen LogP contribution is 1.86. The first-order valence-electron chi connectivity index (χ1n) is 3.31. The Morgan fingerprint density at radius 2 is 2.09 bits per heavy atom. The van der Waals surface area contributed by atoms with Crippen LogP contribution in [0, 0.1) is 0 Å². The van der Waals surface area contributed by atoms with Crippen LogP contribution in [0.3, 0.4) is 0 Å². The van der Waals surface area contributed by atoms with Crippen LogP contribution in [-0.2, 0) is 4.79 Å². The van der Waals surface area contributed by atoms with Crippen LogP contribution in [0.15, 0.2) is 11.8 Å². The van der Waals surface area contributed by atoms with Crippen molar-refractivity contribution < 1.29 is 15.0 Å². The van der Waals surface area contributed by atoms with Crippen LogP contribution in [0.25, 0.3) is 0 Å². The summed E-state index contributed by atoms with van der Waals surface area (Å²) in [6.45, 7) is 3.15. The molecule has 0 saturated carbocycles. The molecule has 11 heavy (non-hydrogen) atoms. The van der Waals surface area contributed by atoms with Gasteiger partial charge in [0.15, 0.2) is 12.1 Å². The fraction of sp³-hybridized carbons (Fsp3) is 0.571. The Morgan fingerprint density at radius 1 is 1.55 bits per heavy atom. The molecule has 64 valence electrons. The molecule has 0 rings (SSSR count). The number of carbonyl (C=O) groups is 1. The molecule has 0 aromatic heterocycles. The van der Waals surface area contributed by atoms with Crippen molar-refractivity contribution in [2.24, 2.45) is 0 Å². The molecule has 0 aromatic rings. The maximum absolute atomic E-state index is 10.5. The molecule has 0 unspecified atom stereocenters. The molecule has 0 radical (unpaired) electrons. The lowest BCUT2D eigenvalue weighted by molar-refractivity contribution is -0.112. The van der Waals surface area contributed by atoms with Gasteiger partial charge < -0.3 is 15.5 Å². The van der Waals surface area contributed by atoms with Gasteiger partial charge in [-0.15, -0.1) is 0 Å². The fourth-order valence-electron chi connectivity index (χ4n) is 0.608. The quantitative estimate of drug-likeness (QED) is 0.377. The first kappa shape index (κ1) is 10.1. The molecule has 0 amide bonds. The van der Waals surface area contributed by atoms with Crippen molar-refractivity contribution in [2.45, 2.75) is 20.1 Å². The third-order valence-electron chi connectivity index (χ3n) is 0.983. The average Bonchev–Trinajstić information content (AvgIpc) is 1.82. The molecule has 0 atom stereocenters. The molecule has 4 nitrogen and oxygen atoms in total. The number of rotatable bonds is 4. The monoisotopic (exact) mass is 159 g/mol. The normalized spacial score (nSPS) is 11.9.